The number of hydrogen-bond acceptors (Lipinski definition) is 9. The van der Waals surface area contributed by atoms with Crippen LogP contribution >= 0.6 is 0 Å². The van der Waals surface area contributed by atoms with Crippen LogP contribution in [0.3, 0.4) is 0 Å². The second-order valence-corrected chi connectivity index (χ2v) is 20.5. The second kappa shape index (κ2) is 18.7. The Kier molecular flexibility index (Phi) is 14.8. The number of ether oxygens (including phenoxy) is 3. The molecule has 0 aromatic heterocycles. The number of aliphatic carboxylic acids is 2. The molecule has 12 heteroatoms. The molecule has 1 aromatic rings. The molecule has 0 spiro atoms. The number of nitrogens with zero attached hydrogens (tertiary/aromatic N) is 1. The number of benzene rings is 1. The molecule has 3 aliphatic heterocycles. The van der Waals surface area contributed by atoms with E-state index in [1.54, 1.807) is 0 Å². The SMILES string of the molecule is Cc1c(C)c2c(c(CN3CCC[C@H]3C(=O)N[C@@H](CC(=O)O)C(=O)O)c1OC(=O)[C@@]13CC[C@@](C)(C(=O)O1)C3(C)C)CC[C@](C)(CCC[C@H](C)CCC[C@H](C)CCCC(C)C)O2. The molecule has 1 saturated carbocycles. The van der Waals surface area contributed by atoms with Crippen LogP contribution in [0.15, 0.2) is 0 Å². The van der Waals surface area contributed by atoms with Crippen LogP contribution in [0.25, 0.3) is 0 Å². The number of carboxylic acid groups (broad SMARTS) is 2. The quantitative estimate of drug-likeness (QED) is 0.0799. The monoisotopic (exact) mass is 839 g/mol. The third-order valence-electron chi connectivity index (χ3n) is 15.3. The lowest BCUT2D eigenvalue weighted by atomic mass is 9.66. The van der Waals surface area contributed by atoms with Gasteiger partial charge in [0.1, 0.15) is 23.1 Å². The summed E-state index contributed by atoms with van der Waals surface area (Å²) in [5.41, 5.74) is -0.261. The maximum Gasteiger partial charge on any atom is 0.356 e. The van der Waals surface area contributed by atoms with E-state index in [1.807, 2.05) is 39.5 Å². The van der Waals surface area contributed by atoms with Crippen molar-refractivity contribution in [2.45, 2.75) is 202 Å². The molecule has 1 aromatic carbocycles. The average Bonchev–Trinajstić information content (AvgIpc) is 3.75. The van der Waals surface area contributed by atoms with E-state index in [2.05, 4.69) is 39.9 Å². The largest absolute Gasteiger partial charge is 0.487 e. The number of hydrogen-bond donors (Lipinski definition) is 3. The molecule has 4 aliphatic rings. The summed E-state index contributed by atoms with van der Waals surface area (Å²) in [6.45, 7) is 21.8. The molecule has 3 heterocycles. The van der Waals surface area contributed by atoms with E-state index in [0.29, 0.717) is 50.3 Å². The van der Waals surface area contributed by atoms with Gasteiger partial charge in [-0.1, -0.05) is 86.5 Å². The molecule has 3 N–H and O–H groups in total. The van der Waals surface area contributed by atoms with Gasteiger partial charge in [-0.2, -0.15) is 0 Å². The highest BCUT2D eigenvalue weighted by molar-refractivity contribution is 5.95. The molecule has 1 amide bonds. The third kappa shape index (κ3) is 9.68. The number of amides is 1. The molecular weight excluding hydrogens is 765 g/mol. The van der Waals surface area contributed by atoms with E-state index in [9.17, 15) is 34.2 Å². The molecule has 0 radical (unpaired) electrons. The third-order valence-corrected chi connectivity index (χ3v) is 15.3. The molecule has 336 valence electrons. The summed E-state index contributed by atoms with van der Waals surface area (Å²) in [6, 6.07) is -2.30. The first kappa shape index (κ1) is 47.4. The number of esters is 2. The minimum Gasteiger partial charge on any atom is -0.487 e. The summed E-state index contributed by atoms with van der Waals surface area (Å²) in [7, 11) is 0. The molecule has 5 rings (SSSR count). The molecule has 2 bridgehead atoms. The van der Waals surface area contributed by atoms with Gasteiger partial charge in [-0.25, -0.2) is 9.59 Å². The highest BCUT2D eigenvalue weighted by Crippen LogP contribution is 2.66. The Morgan fingerprint density at radius 2 is 1.50 bits per heavy atom. The van der Waals surface area contributed by atoms with Gasteiger partial charge >= 0.3 is 23.9 Å². The normalized spacial score (nSPS) is 27.2. The summed E-state index contributed by atoms with van der Waals surface area (Å²) in [5.74, 6) is -0.993. The number of carbonyl (C=O) groups is 5. The topological polar surface area (TPSA) is 169 Å². The van der Waals surface area contributed by atoms with Crippen molar-refractivity contribution in [3.05, 3.63) is 22.3 Å². The predicted molar refractivity (Wildman–Crippen MR) is 229 cm³/mol. The lowest BCUT2D eigenvalue weighted by Gasteiger charge is -2.40. The molecule has 12 nitrogen and oxygen atoms in total. The first-order valence-electron chi connectivity index (χ1n) is 22.8. The number of nitrogens with one attached hydrogen (secondary N) is 1. The molecule has 1 aliphatic carbocycles. The van der Waals surface area contributed by atoms with Crippen LogP contribution in [0.4, 0.5) is 0 Å². The second-order valence-electron chi connectivity index (χ2n) is 20.5. The van der Waals surface area contributed by atoms with Crippen LogP contribution in [-0.2, 0) is 41.7 Å². The lowest BCUT2D eigenvalue weighted by molar-refractivity contribution is -0.176. The summed E-state index contributed by atoms with van der Waals surface area (Å²) < 4.78 is 19.4. The number of likely N-dealkylation sites (tertiary alicyclic amines) is 1. The van der Waals surface area contributed by atoms with E-state index >= 15 is 0 Å². The Hall–Kier alpha value is -3.67. The summed E-state index contributed by atoms with van der Waals surface area (Å²) in [6.07, 6.45) is 13.5. The summed E-state index contributed by atoms with van der Waals surface area (Å²) >= 11 is 0. The minimum absolute atomic E-state index is 0.211. The molecule has 3 fully saturated rings. The van der Waals surface area contributed by atoms with Crippen molar-refractivity contribution in [2.75, 3.05) is 6.54 Å². The highest BCUT2D eigenvalue weighted by atomic mass is 16.6. The summed E-state index contributed by atoms with van der Waals surface area (Å²) in [5, 5.41) is 21.4. The van der Waals surface area contributed by atoms with E-state index < -0.39 is 70.3 Å². The number of rotatable bonds is 21. The van der Waals surface area contributed by atoms with Gasteiger partial charge in [0.25, 0.3) is 0 Å². The molecule has 0 unspecified atom stereocenters. The zero-order chi connectivity index (χ0) is 44.4. The van der Waals surface area contributed by atoms with Crippen molar-refractivity contribution in [3.63, 3.8) is 0 Å². The lowest BCUT2D eigenvalue weighted by Crippen LogP contribution is -2.50. The fourth-order valence-electron chi connectivity index (χ4n) is 10.5. The van der Waals surface area contributed by atoms with E-state index in [-0.39, 0.29) is 6.54 Å². The van der Waals surface area contributed by atoms with Gasteiger partial charge in [0.15, 0.2) is 0 Å². The van der Waals surface area contributed by atoms with Gasteiger partial charge < -0.3 is 29.7 Å². The Morgan fingerprint density at radius 1 is 0.867 bits per heavy atom. The van der Waals surface area contributed by atoms with Gasteiger partial charge in [-0.15, -0.1) is 0 Å². The zero-order valence-corrected chi connectivity index (χ0v) is 38.2. The van der Waals surface area contributed by atoms with E-state index in [4.69, 9.17) is 14.2 Å². The van der Waals surface area contributed by atoms with Crippen molar-refractivity contribution in [2.24, 2.45) is 28.6 Å². The Balaban J connectivity index is 1.37. The summed E-state index contributed by atoms with van der Waals surface area (Å²) in [4.78, 5) is 66.5. The van der Waals surface area contributed by atoms with Crippen LogP contribution in [0, 0.1) is 42.4 Å². The first-order chi connectivity index (χ1) is 28.1. The number of carboxylic acids is 2. The van der Waals surface area contributed by atoms with Gasteiger partial charge in [-0.05, 0) is 114 Å². The van der Waals surface area contributed by atoms with Gasteiger partial charge in [0.2, 0.25) is 11.5 Å². The van der Waals surface area contributed by atoms with Crippen molar-refractivity contribution < 1.29 is 48.4 Å². The average molecular weight is 839 g/mol. The van der Waals surface area contributed by atoms with Crippen LogP contribution in [0.2, 0.25) is 0 Å². The van der Waals surface area contributed by atoms with Gasteiger partial charge in [-0.3, -0.25) is 19.3 Å². The fourth-order valence-corrected chi connectivity index (χ4v) is 10.5. The van der Waals surface area contributed by atoms with Crippen molar-refractivity contribution in [3.8, 4) is 11.5 Å². The van der Waals surface area contributed by atoms with Gasteiger partial charge in [0.05, 0.1) is 17.9 Å². The first-order valence-corrected chi connectivity index (χ1v) is 22.8. The van der Waals surface area contributed by atoms with Crippen molar-refractivity contribution >= 4 is 29.8 Å². The molecule has 7 atom stereocenters. The van der Waals surface area contributed by atoms with E-state index in [0.717, 1.165) is 65.5 Å². The molecular formula is C48H74N2O10. The van der Waals surface area contributed by atoms with Crippen LogP contribution in [0.5, 0.6) is 11.5 Å². The zero-order valence-electron chi connectivity index (χ0n) is 38.2. The maximum atomic E-state index is 14.5. The van der Waals surface area contributed by atoms with Crippen molar-refractivity contribution in [1.82, 2.24) is 10.2 Å². The maximum absolute atomic E-state index is 14.5. The Labute approximate surface area is 358 Å². The standard InChI is InChI=1S/C48H74N2O10/c1-29(2)15-11-16-30(3)17-12-18-31(4)19-13-22-46(9)23-21-34-35(28-50-26-14-20-37(50)41(53)49-36(42(54)55)27-38(51)52)39(32(5)33(6)40(34)59-46)58-44(57)48-25-24-47(10,43(56)60-48)45(48,7)8/h29-31,36-37H,11-28H2,1-10H3,(H,49,53)(H,51,52)(H,54,55)/t30-,31-,36+,37+,46+,47+,48-/m1/s1. The predicted octanol–water partition coefficient (Wildman–Crippen LogP) is 8.86. The molecule has 2 saturated heterocycles. The fraction of sp³-hybridized carbons (Fsp3) is 0.771. The molecule has 60 heavy (non-hydrogen) atoms. The Bertz CT molecular complexity index is 1790. The Morgan fingerprint density at radius 3 is 2.07 bits per heavy atom. The minimum atomic E-state index is -1.57. The van der Waals surface area contributed by atoms with E-state index in [1.165, 1.54) is 38.5 Å². The highest BCUT2D eigenvalue weighted by Gasteiger charge is 2.76. The number of carbonyl (C=O) groups excluding carboxylic acids is 3. The van der Waals surface area contributed by atoms with Crippen LogP contribution in [-0.4, -0.2) is 74.7 Å². The van der Waals surface area contributed by atoms with Crippen LogP contribution < -0.4 is 14.8 Å². The number of fused-ring (bicyclic) bond motifs is 3. The van der Waals surface area contributed by atoms with Gasteiger partial charge in [0, 0.05) is 23.1 Å². The van der Waals surface area contributed by atoms with Crippen LogP contribution in [0.1, 0.15) is 174 Å². The van der Waals surface area contributed by atoms with Crippen molar-refractivity contribution in [1.29, 1.82) is 0 Å². The smallest absolute Gasteiger partial charge is 0.356 e.